The van der Waals surface area contributed by atoms with Crippen LogP contribution in [0.2, 0.25) is 0 Å². The van der Waals surface area contributed by atoms with Crippen molar-refractivity contribution >= 4 is 50.9 Å². The second kappa shape index (κ2) is 10.4. The lowest BCUT2D eigenvalue weighted by atomic mass is 9.78. The molecule has 0 aliphatic heterocycles. The van der Waals surface area contributed by atoms with Gasteiger partial charge in [0.1, 0.15) is 11.5 Å². The highest BCUT2D eigenvalue weighted by Crippen LogP contribution is 2.36. The van der Waals surface area contributed by atoms with Crippen LogP contribution in [0.5, 0.6) is 11.5 Å². The van der Waals surface area contributed by atoms with Crippen LogP contribution in [-0.2, 0) is 15.3 Å². The van der Waals surface area contributed by atoms with Gasteiger partial charge in [-0.1, -0.05) is 24.6 Å². The van der Waals surface area contributed by atoms with Gasteiger partial charge in [0.15, 0.2) is 4.34 Å². The molecule has 1 heterocycles. The number of hydrogen-bond donors (Lipinski definition) is 2. The van der Waals surface area contributed by atoms with E-state index in [1.807, 2.05) is 36.4 Å². The summed E-state index contributed by atoms with van der Waals surface area (Å²) in [6.45, 7) is 0. The Balaban J connectivity index is 1.45. The van der Waals surface area contributed by atoms with E-state index >= 15 is 0 Å². The number of nitrogens with zero attached hydrogens (tertiary/aromatic N) is 1. The van der Waals surface area contributed by atoms with Gasteiger partial charge in [-0.05, 0) is 49.2 Å². The Bertz CT molecular complexity index is 1160. The van der Waals surface area contributed by atoms with E-state index in [-0.39, 0.29) is 5.91 Å². The molecule has 2 aromatic carbocycles. The fraction of sp³-hybridized carbons (Fsp3) is 0.375. The number of nitrogens with one attached hydrogen (secondary N) is 1. The summed E-state index contributed by atoms with van der Waals surface area (Å²) in [5.74, 6) is 0.0609. The van der Waals surface area contributed by atoms with Gasteiger partial charge < -0.3 is 19.9 Å². The number of carboxylic acids is 1. The van der Waals surface area contributed by atoms with E-state index < -0.39 is 17.8 Å². The van der Waals surface area contributed by atoms with Gasteiger partial charge in [-0.15, -0.1) is 11.3 Å². The predicted molar refractivity (Wildman–Crippen MR) is 130 cm³/mol. The van der Waals surface area contributed by atoms with E-state index in [9.17, 15) is 14.7 Å². The number of carboxylic acid groups (broad SMARTS) is 1. The lowest BCUT2D eigenvalue weighted by Gasteiger charge is -2.27. The zero-order chi connectivity index (χ0) is 23.4. The third-order valence-electron chi connectivity index (χ3n) is 5.89. The molecule has 3 aromatic rings. The summed E-state index contributed by atoms with van der Waals surface area (Å²) < 4.78 is 12.6. The number of rotatable bonds is 8. The Labute approximate surface area is 200 Å². The minimum absolute atomic E-state index is 0.217. The van der Waals surface area contributed by atoms with Crippen molar-refractivity contribution in [3.63, 3.8) is 0 Å². The average molecular weight is 487 g/mol. The second-order valence-electron chi connectivity index (χ2n) is 7.95. The molecule has 0 unspecified atom stereocenters. The molecule has 1 fully saturated rings. The van der Waals surface area contributed by atoms with E-state index in [1.165, 1.54) is 0 Å². The van der Waals surface area contributed by atoms with E-state index in [1.54, 1.807) is 37.3 Å². The van der Waals surface area contributed by atoms with Crippen LogP contribution in [0.1, 0.15) is 31.2 Å². The van der Waals surface area contributed by atoms with Gasteiger partial charge in [0.05, 0.1) is 36.3 Å². The van der Waals surface area contributed by atoms with Gasteiger partial charge in [0, 0.05) is 17.0 Å². The number of thiazole rings is 1. The average Bonchev–Trinajstić information content (AvgIpc) is 3.24. The van der Waals surface area contributed by atoms with Gasteiger partial charge in [-0.3, -0.25) is 9.59 Å². The normalized spacial score (nSPS) is 18.1. The molecule has 9 heteroatoms. The van der Waals surface area contributed by atoms with Gasteiger partial charge in [-0.25, -0.2) is 4.98 Å². The van der Waals surface area contributed by atoms with Crippen molar-refractivity contribution in [2.24, 2.45) is 11.8 Å². The van der Waals surface area contributed by atoms with Crippen molar-refractivity contribution in [1.29, 1.82) is 0 Å². The van der Waals surface area contributed by atoms with Crippen LogP contribution in [0.3, 0.4) is 0 Å². The molecule has 1 aliphatic carbocycles. The fourth-order valence-electron chi connectivity index (χ4n) is 4.15. The molecule has 0 bridgehead atoms. The van der Waals surface area contributed by atoms with Crippen molar-refractivity contribution < 1.29 is 24.2 Å². The minimum atomic E-state index is -0.887. The number of hydrogen-bond acceptors (Lipinski definition) is 7. The zero-order valence-electron chi connectivity index (χ0n) is 18.5. The molecule has 1 amide bonds. The smallest absolute Gasteiger partial charge is 0.307 e. The number of thioether (sulfide) groups is 1. The van der Waals surface area contributed by atoms with Crippen LogP contribution in [-0.4, -0.2) is 36.2 Å². The monoisotopic (exact) mass is 486 g/mol. The molecule has 2 N–H and O–H groups in total. The van der Waals surface area contributed by atoms with Crippen molar-refractivity contribution in [2.75, 3.05) is 19.5 Å². The number of methoxy groups -OCH3 is 2. The number of carbonyl (C=O) groups is 2. The van der Waals surface area contributed by atoms with Gasteiger partial charge in [0.25, 0.3) is 0 Å². The third kappa shape index (κ3) is 5.42. The number of carbonyl (C=O) groups excluding carboxylic acids is 1. The molecule has 4 rings (SSSR count). The number of aliphatic carboxylic acids is 1. The molecule has 0 saturated heterocycles. The van der Waals surface area contributed by atoms with Crippen molar-refractivity contribution in [2.45, 2.75) is 35.8 Å². The Morgan fingerprint density at radius 1 is 1.12 bits per heavy atom. The first-order chi connectivity index (χ1) is 16.0. The number of anilines is 1. The topological polar surface area (TPSA) is 97.8 Å². The maximum atomic E-state index is 12.8. The first-order valence-corrected chi connectivity index (χ1v) is 12.6. The molecule has 1 saturated carbocycles. The molecule has 2 atom stereocenters. The second-order valence-corrected chi connectivity index (χ2v) is 10.2. The van der Waals surface area contributed by atoms with E-state index in [4.69, 9.17) is 14.5 Å². The van der Waals surface area contributed by atoms with Crippen molar-refractivity contribution in [3.05, 3.63) is 42.0 Å². The number of ether oxygens (including phenoxy) is 2. The van der Waals surface area contributed by atoms with Crippen molar-refractivity contribution in [3.8, 4) is 11.5 Å². The zero-order valence-corrected chi connectivity index (χ0v) is 20.1. The molecular weight excluding hydrogens is 460 g/mol. The molecule has 1 aromatic heterocycles. The Morgan fingerprint density at radius 3 is 2.64 bits per heavy atom. The quantitative estimate of drug-likeness (QED) is 0.409. The summed E-state index contributed by atoms with van der Waals surface area (Å²) in [5, 5.41) is 12.4. The van der Waals surface area contributed by atoms with Crippen LogP contribution in [0, 0.1) is 11.8 Å². The summed E-state index contributed by atoms with van der Waals surface area (Å²) in [7, 11) is 3.29. The van der Waals surface area contributed by atoms with Crippen LogP contribution >= 0.6 is 23.1 Å². The maximum absolute atomic E-state index is 12.8. The van der Waals surface area contributed by atoms with Gasteiger partial charge in [0.2, 0.25) is 5.91 Å². The molecule has 174 valence electrons. The summed E-state index contributed by atoms with van der Waals surface area (Å²) in [5.41, 5.74) is 2.55. The van der Waals surface area contributed by atoms with E-state index in [0.717, 1.165) is 44.5 Å². The SMILES string of the molecule is COc1ccc(OC)c(CSc2nc3ccc(NC(=O)[C@H]4CCCC[C@@H]4C(=O)O)cc3s2)c1. The first kappa shape index (κ1) is 23.4. The maximum Gasteiger partial charge on any atom is 0.307 e. The first-order valence-electron chi connectivity index (χ1n) is 10.8. The summed E-state index contributed by atoms with van der Waals surface area (Å²) >= 11 is 3.17. The minimum Gasteiger partial charge on any atom is -0.497 e. The molecule has 0 radical (unpaired) electrons. The molecule has 33 heavy (non-hydrogen) atoms. The van der Waals surface area contributed by atoms with Crippen molar-refractivity contribution in [1.82, 2.24) is 4.98 Å². The van der Waals surface area contributed by atoms with E-state index in [0.29, 0.717) is 24.3 Å². The lowest BCUT2D eigenvalue weighted by Crippen LogP contribution is -2.36. The third-order valence-corrected chi connectivity index (χ3v) is 8.10. The Morgan fingerprint density at radius 2 is 1.91 bits per heavy atom. The van der Waals surface area contributed by atoms with Crippen LogP contribution in [0.4, 0.5) is 5.69 Å². The molecular formula is C24H26N2O5S2. The number of benzene rings is 2. The summed E-state index contributed by atoms with van der Waals surface area (Å²) in [6, 6.07) is 11.3. The van der Waals surface area contributed by atoms with Crippen LogP contribution in [0.15, 0.2) is 40.7 Å². The number of fused-ring (bicyclic) bond motifs is 1. The predicted octanol–water partition coefficient (Wildman–Crippen LogP) is 5.44. The van der Waals surface area contributed by atoms with Gasteiger partial charge >= 0.3 is 5.97 Å². The molecule has 1 aliphatic rings. The van der Waals surface area contributed by atoms with Gasteiger partial charge in [-0.2, -0.15) is 0 Å². The Hall–Kier alpha value is -2.78. The molecule has 0 spiro atoms. The summed E-state index contributed by atoms with van der Waals surface area (Å²) in [4.78, 5) is 29.0. The Kier molecular flexibility index (Phi) is 7.39. The summed E-state index contributed by atoms with van der Waals surface area (Å²) in [6.07, 6.45) is 2.91. The standard InChI is InChI=1S/C24H26N2O5S2/c1-30-16-8-10-20(31-2)14(11-16)13-32-24-26-19-9-7-15(12-21(19)33-24)25-22(27)17-5-3-4-6-18(17)23(28)29/h7-12,17-18H,3-6,13H2,1-2H3,(H,25,27)(H,28,29)/t17-,18-/m0/s1. The molecule has 7 nitrogen and oxygen atoms in total. The number of aromatic nitrogens is 1. The fourth-order valence-corrected chi connectivity index (χ4v) is 6.24. The van der Waals surface area contributed by atoms with E-state index in [2.05, 4.69) is 5.32 Å². The highest BCUT2D eigenvalue weighted by Gasteiger charge is 2.35. The highest BCUT2D eigenvalue weighted by atomic mass is 32.2. The van der Waals surface area contributed by atoms with Crippen LogP contribution < -0.4 is 14.8 Å². The van der Waals surface area contributed by atoms with Crippen LogP contribution in [0.25, 0.3) is 10.2 Å². The lowest BCUT2D eigenvalue weighted by molar-refractivity contribution is -0.147. The highest BCUT2D eigenvalue weighted by molar-refractivity contribution is 8.00. The largest absolute Gasteiger partial charge is 0.497 e. The number of amides is 1.